The van der Waals surface area contributed by atoms with Crippen molar-refractivity contribution in [3.63, 3.8) is 0 Å². The van der Waals surface area contributed by atoms with Gasteiger partial charge in [0.1, 0.15) is 36.1 Å². The summed E-state index contributed by atoms with van der Waals surface area (Å²) < 4.78 is 44.7. The van der Waals surface area contributed by atoms with Crippen molar-refractivity contribution in [1.29, 1.82) is 0 Å². The number of amides is 1. The Bertz CT molecular complexity index is 2040. The number of phenolic OH excluding ortho intramolecular Hbond substituents is 2. The number of rotatable bonds is 9. The molecule has 4 N–H and O–H groups in total. The molecule has 11 nitrogen and oxygen atoms in total. The smallest absolute Gasteiger partial charge is 0.294 e. The summed E-state index contributed by atoms with van der Waals surface area (Å²) in [6.07, 6.45) is 0. The first kappa shape index (κ1) is 30.3. The Labute approximate surface area is 253 Å². The van der Waals surface area contributed by atoms with Crippen LogP contribution in [-0.2, 0) is 14.9 Å². The zero-order chi connectivity index (χ0) is 31.6. The van der Waals surface area contributed by atoms with E-state index >= 15 is 0 Å². The van der Waals surface area contributed by atoms with Crippen LogP contribution in [0.15, 0.2) is 87.9 Å². The van der Waals surface area contributed by atoms with Gasteiger partial charge in [0, 0.05) is 23.1 Å². The van der Waals surface area contributed by atoms with Crippen LogP contribution in [0.4, 0.5) is 17.1 Å². The lowest BCUT2D eigenvalue weighted by atomic mass is 10.0. The molecule has 0 saturated carbocycles. The minimum atomic E-state index is -4.57. The fourth-order valence-corrected chi connectivity index (χ4v) is 5.30. The number of aromatic hydroxyl groups is 2. The number of anilines is 1. The van der Waals surface area contributed by atoms with Crippen molar-refractivity contribution in [3.8, 4) is 23.0 Å². The summed E-state index contributed by atoms with van der Waals surface area (Å²) in [5.74, 6) is 0.646. The van der Waals surface area contributed by atoms with E-state index in [0.29, 0.717) is 22.7 Å². The lowest BCUT2D eigenvalue weighted by molar-refractivity contribution is -0.114. The third-order valence-electron chi connectivity index (χ3n) is 6.86. The van der Waals surface area contributed by atoms with E-state index in [1.165, 1.54) is 13.0 Å². The molecule has 0 heterocycles. The van der Waals surface area contributed by atoms with Gasteiger partial charge in [-0.05, 0) is 78.9 Å². The standard InChI is InChI=1S/C32H29N3O8S/c1-18-7-12-25-26(31(18)37)5-4-6-28(25)43-14-13-42-23-10-8-22(9-11-23)34-35-30-19(2)15-21-16-24(44(39,40)41)17-27(33-20(3)36)29(21)32(30)38/h4-12,15-17,37-38H,13-14H2,1-3H3,(H,33,36)(H,39,40,41). The Balaban J connectivity index is 1.29. The zero-order valence-electron chi connectivity index (χ0n) is 24.0. The molecule has 0 radical (unpaired) electrons. The molecule has 5 aromatic carbocycles. The first-order valence-corrected chi connectivity index (χ1v) is 14.9. The fraction of sp³-hybridized carbons (Fsp3) is 0.156. The summed E-state index contributed by atoms with van der Waals surface area (Å²) in [6.45, 7) is 5.29. The largest absolute Gasteiger partial charge is 0.507 e. The quantitative estimate of drug-likeness (QED) is 0.0774. The molecule has 5 aromatic rings. The van der Waals surface area contributed by atoms with Crippen molar-refractivity contribution in [3.05, 3.63) is 83.9 Å². The molecule has 1 amide bonds. The number of azo groups is 1. The van der Waals surface area contributed by atoms with E-state index in [9.17, 15) is 28.0 Å². The fourth-order valence-electron chi connectivity index (χ4n) is 4.76. The van der Waals surface area contributed by atoms with Gasteiger partial charge < -0.3 is 25.0 Å². The summed E-state index contributed by atoms with van der Waals surface area (Å²) in [4.78, 5) is 11.3. The molecule has 0 spiro atoms. The lowest BCUT2D eigenvalue weighted by Crippen LogP contribution is -2.09. The molecule has 0 aliphatic heterocycles. The third kappa shape index (κ3) is 6.41. The number of ether oxygens (including phenoxy) is 2. The van der Waals surface area contributed by atoms with Crippen LogP contribution in [0.2, 0.25) is 0 Å². The Morgan fingerprint density at radius 1 is 0.841 bits per heavy atom. The van der Waals surface area contributed by atoms with Gasteiger partial charge in [-0.15, -0.1) is 5.11 Å². The van der Waals surface area contributed by atoms with Crippen LogP contribution in [0, 0.1) is 13.8 Å². The SMILES string of the molecule is CC(=O)Nc1cc(S(=O)(=O)O)cc2cc(C)c(N=Nc3ccc(OCCOc4cccc5c(O)c(C)ccc45)cc3)c(O)c12. The van der Waals surface area contributed by atoms with Crippen molar-refractivity contribution in [2.75, 3.05) is 18.5 Å². The molecular weight excluding hydrogens is 586 g/mol. The van der Waals surface area contributed by atoms with Crippen LogP contribution in [0.5, 0.6) is 23.0 Å². The van der Waals surface area contributed by atoms with Crippen LogP contribution in [0.1, 0.15) is 18.1 Å². The summed E-state index contributed by atoms with van der Waals surface area (Å²) in [7, 11) is -4.57. The summed E-state index contributed by atoms with van der Waals surface area (Å²) in [5.41, 5.74) is 1.87. The van der Waals surface area contributed by atoms with E-state index in [-0.39, 0.29) is 46.9 Å². The maximum atomic E-state index is 11.8. The van der Waals surface area contributed by atoms with Gasteiger partial charge in [-0.25, -0.2) is 0 Å². The predicted octanol–water partition coefficient (Wildman–Crippen LogP) is 7.10. The summed E-state index contributed by atoms with van der Waals surface area (Å²) >= 11 is 0. The molecule has 226 valence electrons. The summed E-state index contributed by atoms with van der Waals surface area (Å²) in [5, 5.41) is 34.3. The minimum Gasteiger partial charge on any atom is -0.507 e. The number of aryl methyl sites for hydroxylation is 2. The number of nitrogens with zero attached hydrogens (tertiary/aromatic N) is 2. The first-order valence-electron chi connectivity index (χ1n) is 13.5. The second-order valence-corrected chi connectivity index (χ2v) is 11.5. The van der Waals surface area contributed by atoms with Crippen molar-refractivity contribution >= 4 is 54.6 Å². The maximum absolute atomic E-state index is 11.8. The Morgan fingerprint density at radius 3 is 2.27 bits per heavy atom. The molecule has 5 rings (SSSR count). The topological polar surface area (TPSA) is 167 Å². The Kier molecular flexibility index (Phi) is 8.39. The van der Waals surface area contributed by atoms with Crippen molar-refractivity contribution in [1.82, 2.24) is 0 Å². The average molecular weight is 616 g/mol. The number of fused-ring (bicyclic) bond motifs is 2. The van der Waals surface area contributed by atoms with E-state index in [4.69, 9.17) is 9.47 Å². The normalized spacial score (nSPS) is 11.7. The van der Waals surface area contributed by atoms with Gasteiger partial charge in [0.2, 0.25) is 5.91 Å². The van der Waals surface area contributed by atoms with Gasteiger partial charge in [0.25, 0.3) is 10.1 Å². The Hall–Kier alpha value is -5.20. The second-order valence-electron chi connectivity index (χ2n) is 10.1. The molecule has 0 aliphatic rings. The highest BCUT2D eigenvalue weighted by Crippen LogP contribution is 2.43. The van der Waals surface area contributed by atoms with E-state index < -0.39 is 20.9 Å². The molecule has 0 fully saturated rings. The molecule has 0 bridgehead atoms. The number of carbonyl (C=O) groups excluding carboxylic acids is 1. The van der Waals surface area contributed by atoms with Crippen LogP contribution in [0.25, 0.3) is 21.5 Å². The maximum Gasteiger partial charge on any atom is 0.294 e. The average Bonchev–Trinajstić information content (AvgIpc) is 2.96. The number of hydrogen-bond donors (Lipinski definition) is 4. The van der Waals surface area contributed by atoms with Crippen LogP contribution >= 0.6 is 0 Å². The van der Waals surface area contributed by atoms with Gasteiger partial charge in [0.05, 0.1) is 16.3 Å². The monoisotopic (exact) mass is 615 g/mol. The predicted molar refractivity (Wildman–Crippen MR) is 166 cm³/mol. The number of nitrogens with one attached hydrogen (secondary N) is 1. The molecule has 0 aliphatic carbocycles. The molecular formula is C32H29N3O8S. The number of hydrogen-bond acceptors (Lipinski definition) is 9. The van der Waals surface area contributed by atoms with Crippen LogP contribution in [-0.4, -0.2) is 42.3 Å². The lowest BCUT2D eigenvalue weighted by Gasteiger charge is -2.14. The minimum absolute atomic E-state index is 0.00393. The molecule has 12 heteroatoms. The highest BCUT2D eigenvalue weighted by molar-refractivity contribution is 7.85. The molecule has 44 heavy (non-hydrogen) atoms. The van der Waals surface area contributed by atoms with Crippen molar-refractivity contribution < 1.29 is 37.5 Å². The van der Waals surface area contributed by atoms with Gasteiger partial charge in [-0.3, -0.25) is 9.35 Å². The van der Waals surface area contributed by atoms with Gasteiger partial charge >= 0.3 is 0 Å². The zero-order valence-corrected chi connectivity index (χ0v) is 24.8. The van der Waals surface area contributed by atoms with E-state index in [1.54, 1.807) is 37.3 Å². The molecule has 0 aromatic heterocycles. The van der Waals surface area contributed by atoms with Gasteiger partial charge in [-0.2, -0.15) is 13.5 Å². The highest BCUT2D eigenvalue weighted by atomic mass is 32.2. The molecule has 0 atom stereocenters. The van der Waals surface area contributed by atoms with Crippen molar-refractivity contribution in [2.24, 2.45) is 10.2 Å². The second kappa shape index (κ2) is 12.2. The molecule has 0 saturated heterocycles. The Morgan fingerprint density at radius 2 is 1.57 bits per heavy atom. The van der Waals surface area contributed by atoms with Crippen LogP contribution < -0.4 is 14.8 Å². The highest BCUT2D eigenvalue weighted by Gasteiger charge is 2.20. The van der Waals surface area contributed by atoms with Gasteiger partial charge in [0.15, 0.2) is 5.75 Å². The van der Waals surface area contributed by atoms with E-state index in [2.05, 4.69) is 15.5 Å². The number of phenols is 2. The summed E-state index contributed by atoms with van der Waals surface area (Å²) in [6, 6.07) is 19.9. The molecule has 0 unspecified atom stereocenters. The van der Waals surface area contributed by atoms with E-state index in [0.717, 1.165) is 22.4 Å². The van der Waals surface area contributed by atoms with Crippen molar-refractivity contribution in [2.45, 2.75) is 25.7 Å². The first-order chi connectivity index (χ1) is 20.9. The third-order valence-corrected chi connectivity index (χ3v) is 7.70. The van der Waals surface area contributed by atoms with Gasteiger partial charge in [-0.1, -0.05) is 24.3 Å². The number of carbonyl (C=O) groups is 1. The number of benzene rings is 5. The van der Waals surface area contributed by atoms with Crippen LogP contribution in [0.3, 0.4) is 0 Å². The van der Waals surface area contributed by atoms with E-state index in [1.807, 2.05) is 37.3 Å².